The summed E-state index contributed by atoms with van der Waals surface area (Å²) in [7, 11) is 0. The molecule has 0 atom stereocenters. The summed E-state index contributed by atoms with van der Waals surface area (Å²) in [5.74, 6) is 0.423. The molecule has 0 saturated carbocycles. The summed E-state index contributed by atoms with van der Waals surface area (Å²) < 4.78 is 18.4. The zero-order chi connectivity index (χ0) is 12.1. The van der Waals surface area contributed by atoms with E-state index in [0.717, 1.165) is 16.6 Å². The van der Waals surface area contributed by atoms with Crippen molar-refractivity contribution in [2.24, 2.45) is 0 Å². The van der Waals surface area contributed by atoms with Crippen LogP contribution in [0.5, 0.6) is 5.75 Å². The third-order valence-corrected chi connectivity index (χ3v) is 2.87. The maximum Gasteiger partial charge on any atom is 0.141 e. The molecule has 0 aliphatic carbocycles. The van der Waals surface area contributed by atoms with Gasteiger partial charge in [-0.15, -0.1) is 0 Å². The minimum atomic E-state index is -0.347. The first-order valence-electron chi connectivity index (χ1n) is 5.15. The number of hydrogen-bond acceptors (Lipinski definition) is 2. The van der Waals surface area contributed by atoms with Crippen LogP contribution in [0.25, 0.3) is 0 Å². The van der Waals surface area contributed by atoms with Gasteiger partial charge in [-0.05, 0) is 23.8 Å². The molecule has 0 N–H and O–H groups in total. The summed E-state index contributed by atoms with van der Waals surface area (Å²) in [6.07, 6.45) is 2.77. The van der Waals surface area contributed by atoms with E-state index >= 15 is 0 Å². The van der Waals surface area contributed by atoms with Gasteiger partial charge in [0.2, 0.25) is 0 Å². The van der Waals surface area contributed by atoms with Crippen molar-refractivity contribution in [1.29, 1.82) is 0 Å². The summed E-state index contributed by atoms with van der Waals surface area (Å²) >= 11 is 3.38. The Bertz CT molecular complexity index is 504. The highest BCUT2D eigenvalue weighted by atomic mass is 79.9. The quantitative estimate of drug-likeness (QED) is 0.803. The third kappa shape index (κ3) is 3.53. The lowest BCUT2D eigenvalue weighted by Gasteiger charge is -2.07. The first-order valence-corrected chi connectivity index (χ1v) is 6.27. The van der Waals surface area contributed by atoms with Crippen molar-refractivity contribution in [1.82, 2.24) is 4.98 Å². The van der Waals surface area contributed by atoms with Crippen LogP contribution in [-0.4, -0.2) is 4.98 Å². The molecular formula is C13H11BrFNO. The van der Waals surface area contributed by atoms with Gasteiger partial charge in [0.05, 0.1) is 6.20 Å². The number of pyridine rings is 1. The molecule has 0 spiro atoms. The number of hydrogen-bond donors (Lipinski definition) is 0. The number of nitrogens with zero attached hydrogens (tertiary/aromatic N) is 1. The van der Waals surface area contributed by atoms with Crippen molar-refractivity contribution >= 4 is 15.9 Å². The van der Waals surface area contributed by atoms with Crippen LogP contribution in [0.1, 0.15) is 11.1 Å². The number of rotatable bonds is 4. The Morgan fingerprint density at radius 2 is 2.06 bits per heavy atom. The van der Waals surface area contributed by atoms with Crippen LogP contribution in [0.15, 0.2) is 42.7 Å². The van der Waals surface area contributed by atoms with Gasteiger partial charge in [0.25, 0.3) is 0 Å². The van der Waals surface area contributed by atoms with Gasteiger partial charge in [-0.25, -0.2) is 4.39 Å². The molecule has 2 nitrogen and oxygen atoms in total. The zero-order valence-electron chi connectivity index (χ0n) is 9.07. The normalized spacial score (nSPS) is 10.2. The van der Waals surface area contributed by atoms with Crippen molar-refractivity contribution in [3.8, 4) is 5.75 Å². The van der Waals surface area contributed by atoms with Gasteiger partial charge in [-0.3, -0.25) is 4.98 Å². The number of halogens is 2. The Morgan fingerprint density at radius 3 is 2.82 bits per heavy atom. The summed E-state index contributed by atoms with van der Waals surface area (Å²) in [5.41, 5.74) is 1.86. The van der Waals surface area contributed by atoms with Crippen molar-refractivity contribution in [3.63, 3.8) is 0 Å². The van der Waals surface area contributed by atoms with Crippen LogP contribution in [0.2, 0.25) is 0 Å². The van der Waals surface area contributed by atoms with Gasteiger partial charge in [-0.2, -0.15) is 0 Å². The Morgan fingerprint density at radius 1 is 1.18 bits per heavy atom. The highest BCUT2D eigenvalue weighted by Gasteiger charge is 1.99. The maximum atomic E-state index is 12.9. The molecule has 0 unspecified atom stereocenters. The summed E-state index contributed by atoms with van der Waals surface area (Å²) in [5, 5.41) is 0.783. The summed E-state index contributed by atoms with van der Waals surface area (Å²) in [6.45, 7) is 0.316. The standard InChI is InChI=1S/C13H11BrFNO/c14-6-10-2-1-3-13(5-10)17-9-11-4-12(15)8-16-7-11/h1-5,7-8H,6,9H2. The zero-order valence-corrected chi connectivity index (χ0v) is 10.7. The van der Waals surface area contributed by atoms with Crippen LogP contribution in [0.4, 0.5) is 4.39 Å². The van der Waals surface area contributed by atoms with Crippen molar-refractivity contribution in [2.75, 3.05) is 0 Å². The second kappa shape index (κ2) is 5.77. The Hall–Kier alpha value is -1.42. The summed E-state index contributed by atoms with van der Waals surface area (Å²) in [6, 6.07) is 9.17. The first kappa shape index (κ1) is 12.0. The van der Waals surface area contributed by atoms with Crippen molar-refractivity contribution in [2.45, 2.75) is 11.9 Å². The van der Waals surface area contributed by atoms with Gasteiger partial charge >= 0.3 is 0 Å². The van der Waals surface area contributed by atoms with E-state index < -0.39 is 0 Å². The smallest absolute Gasteiger partial charge is 0.141 e. The van der Waals surface area contributed by atoms with E-state index in [-0.39, 0.29) is 5.82 Å². The molecule has 4 heteroatoms. The van der Waals surface area contributed by atoms with Crippen molar-refractivity contribution in [3.05, 3.63) is 59.7 Å². The third-order valence-electron chi connectivity index (χ3n) is 2.22. The Balaban J connectivity index is 2.02. The second-order valence-electron chi connectivity index (χ2n) is 3.58. The van der Waals surface area contributed by atoms with E-state index in [1.165, 1.54) is 12.3 Å². The Kier molecular flexibility index (Phi) is 4.09. The maximum absolute atomic E-state index is 12.9. The van der Waals surface area contributed by atoms with E-state index in [4.69, 9.17) is 4.74 Å². The molecule has 1 heterocycles. The van der Waals surface area contributed by atoms with E-state index in [2.05, 4.69) is 20.9 Å². The lowest BCUT2D eigenvalue weighted by atomic mass is 10.2. The van der Waals surface area contributed by atoms with Crippen LogP contribution >= 0.6 is 15.9 Å². The van der Waals surface area contributed by atoms with E-state index in [9.17, 15) is 4.39 Å². The van der Waals surface area contributed by atoms with Crippen LogP contribution in [0, 0.1) is 5.82 Å². The van der Waals surface area contributed by atoms with Gasteiger partial charge in [0.15, 0.2) is 0 Å². The molecule has 2 aromatic rings. The fourth-order valence-corrected chi connectivity index (χ4v) is 1.77. The van der Waals surface area contributed by atoms with E-state index in [0.29, 0.717) is 12.2 Å². The molecule has 0 aliphatic heterocycles. The monoisotopic (exact) mass is 295 g/mol. The molecule has 1 aromatic heterocycles. The molecule has 0 aliphatic rings. The SMILES string of the molecule is Fc1cncc(COc2cccc(CBr)c2)c1. The predicted molar refractivity (Wildman–Crippen MR) is 67.6 cm³/mol. The van der Waals surface area contributed by atoms with Gasteiger partial charge in [0.1, 0.15) is 18.2 Å². The minimum Gasteiger partial charge on any atom is -0.489 e. The lowest BCUT2D eigenvalue weighted by molar-refractivity contribution is 0.305. The molecule has 0 amide bonds. The first-order chi connectivity index (χ1) is 8.28. The molecule has 0 fully saturated rings. The second-order valence-corrected chi connectivity index (χ2v) is 4.14. The molecule has 88 valence electrons. The number of benzene rings is 1. The average molecular weight is 296 g/mol. The van der Waals surface area contributed by atoms with E-state index in [1.54, 1.807) is 6.20 Å². The highest BCUT2D eigenvalue weighted by molar-refractivity contribution is 9.08. The van der Waals surface area contributed by atoms with Gasteiger partial charge in [-0.1, -0.05) is 28.1 Å². The molecule has 0 bridgehead atoms. The molecule has 17 heavy (non-hydrogen) atoms. The number of aromatic nitrogens is 1. The minimum absolute atomic E-state index is 0.316. The predicted octanol–water partition coefficient (Wildman–Crippen LogP) is 3.69. The molecule has 2 rings (SSSR count). The largest absolute Gasteiger partial charge is 0.489 e. The Labute approximate surface area is 108 Å². The fourth-order valence-electron chi connectivity index (χ4n) is 1.42. The average Bonchev–Trinajstić information content (AvgIpc) is 2.37. The van der Waals surface area contributed by atoms with Crippen LogP contribution in [-0.2, 0) is 11.9 Å². The number of alkyl halides is 1. The van der Waals surface area contributed by atoms with E-state index in [1.807, 2.05) is 24.3 Å². The van der Waals surface area contributed by atoms with Crippen LogP contribution in [0.3, 0.4) is 0 Å². The fraction of sp³-hybridized carbons (Fsp3) is 0.154. The molecule has 1 aromatic carbocycles. The van der Waals surface area contributed by atoms with Crippen LogP contribution < -0.4 is 4.74 Å². The lowest BCUT2D eigenvalue weighted by Crippen LogP contribution is -1.97. The van der Waals surface area contributed by atoms with Crippen molar-refractivity contribution < 1.29 is 9.13 Å². The summed E-state index contributed by atoms with van der Waals surface area (Å²) in [4.78, 5) is 3.77. The molecule has 0 radical (unpaired) electrons. The topological polar surface area (TPSA) is 22.1 Å². The molecular weight excluding hydrogens is 285 g/mol. The van der Waals surface area contributed by atoms with Gasteiger partial charge in [0, 0.05) is 17.1 Å². The van der Waals surface area contributed by atoms with Gasteiger partial charge < -0.3 is 4.74 Å². The molecule has 0 saturated heterocycles. The highest BCUT2D eigenvalue weighted by Crippen LogP contribution is 2.16. The number of ether oxygens (including phenoxy) is 1.